The van der Waals surface area contributed by atoms with E-state index in [1.54, 1.807) is 12.1 Å². The molecule has 19 heavy (non-hydrogen) atoms. The van der Waals surface area contributed by atoms with Crippen LogP contribution in [0.5, 0.6) is 0 Å². The van der Waals surface area contributed by atoms with Crippen molar-refractivity contribution >= 4 is 11.7 Å². The van der Waals surface area contributed by atoms with Crippen LogP contribution >= 0.6 is 0 Å². The fourth-order valence-electron chi connectivity index (χ4n) is 2.23. The van der Waals surface area contributed by atoms with E-state index in [9.17, 15) is 4.79 Å². The third-order valence-electron chi connectivity index (χ3n) is 3.61. The smallest absolute Gasteiger partial charge is 0.274 e. The van der Waals surface area contributed by atoms with Crippen LogP contribution in [0.4, 0.5) is 5.82 Å². The summed E-state index contributed by atoms with van der Waals surface area (Å²) in [4.78, 5) is 14.2. The van der Waals surface area contributed by atoms with Crippen LogP contribution in [-0.2, 0) is 0 Å². The second-order valence-corrected chi connectivity index (χ2v) is 4.97. The molecule has 0 aromatic carbocycles. The maximum Gasteiger partial charge on any atom is 0.274 e. The van der Waals surface area contributed by atoms with E-state index in [0.29, 0.717) is 17.4 Å². The fourth-order valence-corrected chi connectivity index (χ4v) is 2.23. The summed E-state index contributed by atoms with van der Waals surface area (Å²) in [5.41, 5.74) is 0.433. The summed E-state index contributed by atoms with van der Waals surface area (Å²) < 4.78 is 0. The summed E-state index contributed by atoms with van der Waals surface area (Å²) in [5, 5.41) is 11.1. The lowest BCUT2D eigenvalue weighted by Gasteiger charge is -2.31. The third-order valence-corrected chi connectivity index (χ3v) is 3.61. The Balaban J connectivity index is 1.99. The van der Waals surface area contributed by atoms with Gasteiger partial charge in [0, 0.05) is 19.6 Å². The number of hydrogen-bond acceptors (Lipinski definition) is 4. The minimum absolute atomic E-state index is 0.00931. The van der Waals surface area contributed by atoms with Gasteiger partial charge in [0.15, 0.2) is 5.69 Å². The average molecular weight is 262 g/mol. The minimum Gasteiger partial charge on any atom is -0.369 e. The van der Waals surface area contributed by atoms with E-state index in [-0.39, 0.29) is 5.91 Å². The molecule has 1 fully saturated rings. The number of amides is 1. The van der Waals surface area contributed by atoms with E-state index >= 15 is 0 Å². The highest BCUT2D eigenvalue weighted by Crippen LogP contribution is 2.27. The number of nitrogens with zero attached hydrogens (tertiary/aromatic N) is 3. The normalized spacial score (nSPS) is 14.8. The molecule has 0 radical (unpaired) electrons. The van der Waals surface area contributed by atoms with Crippen LogP contribution in [0, 0.1) is 5.92 Å². The Morgan fingerprint density at radius 1 is 1.37 bits per heavy atom. The van der Waals surface area contributed by atoms with Gasteiger partial charge < -0.3 is 10.2 Å². The molecule has 0 aliphatic heterocycles. The van der Waals surface area contributed by atoms with E-state index in [1.807, 2.05) is 18.7 Å². The van der Waals surface area contributed by atoms with Crippen LogP contribution in [0.3, 0.4) is 0 Å². The Labute approximate surface area is 114 Å². The Morgan fingerprint density at radius 3 is 2.63 bits per heavy atom. The SMILES string of the molecule is CCNc1ccc(C(=O)N(CC)CC2CCC2)nn1. The minimum atomic E-state index is -0.00931. The van der Waals surface area contributed by atoms with Crippen molar-refractivity contribution in [3.8, 4) is 0 Å². The summed E-state index contributed by atoms with van der Waals surface area (Å²) >= 11 is 0. The Kier molecular flexibility index (Phi) is 4.71. The predicted octanol–water partition coefficient (Wildman–Crippen LogP) is 2.17. The van der Waals surface area contributed by atoms with Crippen LogP contribution in [-0.4, -0.2) is 40.6 Å². The Hall–Kier alpha value is -1.65. The van der Waals surface area contributed by atoms with E-state index in [0.717, 1.165) is 19.6 Å². The molecule has 1 aromatic heterocycles. The lowest BCUT2D eigenvalue weighted by atomic mass is 9.85. The Morgan fingerprint density at radius 2 is 2.16 bits per heavy atom. The van der Waals surface area contributed by atoms with Gasteiger partial charge in [-0.05, 0) is 44.7 Å². The highest BCUT2D eigenvalue weighted by Gasteiger charge is 2.24. The molecule has 5 nitrogen and oxygen atoms in total. The summed E-state index contributed by atoms with van der Waals surface area (Å²) in [6.45, 7) is 6.39. The van der Waals surface area contributed by atoms with Gasteiger partial charge in [0.2, 0.25) is 0 Å². The highest BCUT2D eigenvalue weighted by molar-refractivity contribution is 5.92. The molecule has 2 rings (SSSR count). The number of carbonyl (C=O) groups excluding carboxylic acids is 1. The first kappa shape index (κ1) is 13.8. The highest BCUT2D eigenvalue weighted by atomic mass is 16.2. The van der Waals surface area contributed by atoms with E-state index in [2.05, 4.69) is 15.5 Å². The largest absolute Gasteiger partial charge is 0.369 e. The van der Waals surface area contributed by atoms with Crippen molar-refractivity contribution < 1.29 is 4.79 Å². The zero-order valence-electron chi connectivity index (χ0n) is 11.7. The first-order valence-electron chi connectivity index (χ1n) is 7.11. The molecule has 1 heterocycles. The molecule has 1 aromatic rings. The van der Waals surface area contributed by atoms with Crippen LogP contribution in [0.2, 0.25) is 0 Å². The third kappa shape index (κ3) is 3.43. The molecular formula is C14H22N4O. The van der Waals surface area contributed by atoms with Crippen molar-refractivity contribution in [1.29, 1.82) is 0 Å². The van der Waals surface area contributed by atoms with Crippen molar-refractivity contribution in [1.82, 2.24) is 15.1 Å². The van der Waals surface area contributed by atoms with Gasteiger partial charge in [0.1, 0.15) is 5.82 Å². The molecule has 0 spiro atoms. The van der Waals surface area contributed by atoms with E-state index in [1.165, 1.54) is 19.3 Å². The number of nitrogens with one attached hydrogen (secondary N) is 1. The van der Waals surface area contributed by atoms with Crippen LogP contribution in [0.1, 0.15) is 43.6 Å². The summed E-state index contributed by atoms with van der Waals surface area (Å²) in [7, 11) is 0. The van der Waals surface area contributed by atoms with Gasteiger partial charge in [-0.15, -0.1) is 10.2 Å². The van der Waals surface area contributed by atoms with Crippen molar-refractivity contribution in [2.45, 2.75) is 33.1 Å². The second-order valence-electron chi connectivity index (χ2n) is 4.97. The van der Waals surface area contributed by atoms with Gasteiger partial charge in [-0.1, -0.05) is 6.42 Å². The van der Waals surface area contributed by atoms with Gasteiger partial charge >= 0.3 is 0 Å². The molecule has 0 bridgehead atoms. The van der Waals surface area contributed by atoms with E-state index < -0.39 is 0 Å². The second kappa shape index (κ2) is 6.50. The molecule has 104 valence electrons. The number of aromatic nitrogens is 2. The monoisotopic (exact) mass is 262 g/mol. The standard InChI is InChI=1S/C14H22N4O/c1-3-15-13-9-8-12(16-17-13)14(19)18(4-2)10-11-6-5-7-11/h8-9,11H,3-7,10H2,1-2H3,(H,15,17). The molecule has 5 heteroatoms. The van der Waals surface area contributed by atoms with Gasteiger partial charge in [-0.2, -0.15) is 0 Å². The summed E-state index contributed by atoms with van der Waals surface area (Å²) in [6.07, 6.45) is 3.79. The topological polar surface area (TPSA) is 58.1 Å². The average Bonchev–Trinajstić information content (AvgIpc) is 2.38. The molecule has 0 atom stereocenters. The zero-order chi connectivity index (χ0) is 13.7. The van der Waals surface area contributed by atoms with Crippen molar-refractivity contribution in [3.63, 3.8) is 0 Å². The summed E-state index contributed by atoms with van der Waals surface area (Å²) in [6, 6.07) is 3.55. The molecule has 1 N–H and O–H groups in total. The predicted molar refractivity (Wildman–Crippen MR) is 75.1 cm³/mol. The molecule has 1 amide bonds. The zero-order valence-corrected chi connectivity index (χ0v) is 11.7. The quantitative estimate of drug-likeness (QED) is 0.853. The van der Waals surface area contributed by atoms with Gasteiger partial charge in [-0.25, -0.2) is 0 Å². The van der Waals surface area contributed by atoms with Crippen LogP contribution in [0.15, 0.2) is 12.1 Å². The van der Waals surface area contributed by atoms with Crippen LogP contribution < -0.4 is 5.32 Å². The fraction of sp³-hybridized carbons (Fsp3) is 0.643. The summed E-state index contributed by atoms with van der Waals surface area (Å²) in [5.74, 6) is 1.38. The lowest BCUT2D eigenvalue weighted by molar-refractivity contribution is 0.0699. The number of rotatable bonds is 6. The van der Waals surface area contributed by atoms with Crippen molar-refractivity contribution in [2.75, 3.05) is 25.0 Å². The van der Waals surface area contributed by atoms with E-state index in [4.69, 9.17) is 0 Å². The van der Waals surface area contributed by atoms with Gasteiger partial charge in [0.05, 0.1) is 0 Å². The molecule has 1 aliphatic rings. The molecule has 1 aliphatic carbocycles. The lowest BCUT2D eigenvalue weighted by Crippen LogP contribution is -2.37. The first-order chi connectivity index (χ1) is 9.24. The molecule has 0 unspecified atom stereocenters. The van der Waals surface area contributed by atoms with Crippen molar-refractivity contribution in [3.05, 3.63) is 17.8 Å². The maximum atomic E-state index is 12.3. The number of hydrogen-bond donors (Lipinski definition) is 1. The molecule has 1 saturated carbocycles. The van der Waals surface area contributed by atoms with Crippen molar-refractivity contribution in [2.24, 2.45) is 5.92 Å². The molecule has 0 saturated heterocycles. The molecular weight excluding hydrogens is 240 g/mol. The van der Waals surface area contributed by atoms with Gasteiger partial charge in [-0.3, -0.25) is 4.79 Å². The van der Waals surface area contributed by atoms with Gasteiger partial charge in [0.25, 0.3) is 5.91 Å². The van der Waals surface area contributed by atoms with Crippen LogP contribution in [0.25, 0.3) is 0 Å². The number of carbonyl (C=O) groups is 1. The first-order valence-corrected chi connectivity index (χ1v) is 7.11. The maximum absolute atomic E-state index is 12.3. The Bertz CT molecular complexity index is 414. The number of anilines is 1.